The topological polar surface area (TPSA) is 108 Å². The maximum atomic E-state index is 12.3. The molecule has 0 aromatic heterocycles. The molecule has 1 N–H and O–H groups in total. The van der Waals surface area contributed by atoms with E-state index in [0.29, 0.717) is 0 Å². The van der Waals surface area contributed by atoms with Crippen molar-refractivity contribution in [1.29, 1.82) is 5.26 Å². The number of hydrogen-bond donors (Lipinski definition) is 1. The van der Waals surface area contributed by atoms with Crippen LogP contribution in [0.3, 0.4) is 0 Å². The zero-order valence-corrected chi connectivity index (χ0v) is 11.6. The van der Waals surface area contributed by atoms with Gasteiger partial charge >= 0.3 is 5.97 Å². The highest BCUT2D eigenvalue weighted by molar-refractivity contribution is 7.89. The molecule has 0 heterocycles. The van der Waals surface area contributed by atoms with Crippen molar-refractivity contribution >= 4 is 16.0 Å². The molecule has 0 bridgehead atoms. The molecular formula is C12H14N2O5S. The lowest BCUT2D eigenvalue weighted by Crippen LogP contribution is -2.38. The molecule has 20 heavy (non-hydrogen) atoms. The van der Waals surface area contributed by atoms with E-state index in [4.69, 9.17) is 15.1 Å². The number of sulfonamides is 1. The summed E-state index contributed by atoms with van der Waals surface area (Å²) in [6.07, 6.45) is 0. The van der Waals surface area contributed by atoms with Crippen molar-refractivity contribution in [1.82, 2.24) is 4.31 Å². The highest BCUT2D eigenvalue weighted by Crippen LogP contribution is 2.16. The molecule has 1 rings (SSSR count). The molecule has 0 saturated heterocycles. The molecule has 0 aliphatic heterocycles. The van der Waals surface area contributed by atoms with Gasteiger partial charge in [0, 0.05) is 13.7 Å². The summed E-state index contributed by atoms with van der Waals surface area (Å²) in [6, 6.07) is 7.26. The van der Waals surface area contributed by atoms with Crippen molar-refractivity contribution in [2.24, 2.45) is 0 Å². The van der Waals surface area contributed by atoms with Gasteiger partial charge in [-0.2, -0.15) is 9.57 Å². The van der Waals surface area contributed by atoms with Crippen LogP contribution in [0.1, 0.15) is 5.56 Å². The lowest BCUT2D eigenvalue weighted by Gasteiger charge is -2.20. The monoisotopic (exact) mass is 298 g/mol. The van der Waals surface area contributed by atoms with Crippen molar-refractivity contribution in [2.45, 2.75) is 4.90 Å². The summed E-state index contributed by atoms with van der Waals surface area (Å²) in [5.74, 6) is -1.26. The van der Waals surface area contributed by atoms with E-state index in [9.17, 15) is 13.2 Å². The minimum atomic E-state index is -3.98. The minimum absolute atomic E-state index is 0.0739. The molecule has 0 radical (unpaired) electrons. The van der Waals surface area contributed by atoms with Crippen LogP contribution < -0.4 is 0 Å². The van der Waals surface area contributed by atoms with Gasteiger partial charge in [-0.25, -0.2) is 8.42 Å². The first-order chi connectivity index (χ1) is 9.41. The van der Waals surface area contributed by atoms with E-state index in [1.807, 2.05) is 6.07 Å². The van der Waals surface area contributed by atoms with Gasteiger partial charge in [-0.1, -0.05) is 6.07 Å². The summed E-state index contributed by atoms with van der Waals surface area (Å²) >= 11 is 0. The van der Waals surface area contributed by atoms with Crippen molar-refractivity contribution in [2.75, 3.05) is 26.8 Å². The SMILES string of the molecule is COCCN(CC(=O)O)S(=O)(=O)c1cccc(C#N)c1. The first-order valence-corrected chi connectivity index (χ1v) is 7.07. The predicted molar refractivity (Wildman–Crippen MR) is 69.4 cm³/mol. The standard InChI is InChI=1S/C12H14N2O5S/c1-19-6-5-14(9-12(15)16)20(17,18)11-4-2-3-10(7-11)8-13/h2-4,7H,5-6,9H2,1H3,(H,15,16). The smallest absolute Gasteiger partial charge is 0.318 e. The minimum Gasteiger partial charge on any atom is -0.480 e. The number of nitrogens with zero attached hydrogens (tertiary/aromatic N) is 2. The Kier molecular flexibility index (Phi) is 5.64. The van der Waals surface area contributed by atoms with Gasteiger partial charge in [-0.05, 0) is 18.2 Å². The fraction of sp³-hybridized carbons (Fsp3) is 0.333. The van der Waals surface area contributed by atoms with Crippen LogP contribution in [0.15, 0.2) is 29.2 Å². The summed E-state index contributed by atoms with van der Waals surface area (Å²) < 4.78 is 30.3. The first-order valence-electron chi connectivity index (χ1n) is 5.63. The second-order valence-corrected chi connectivity index (χ2v) is 5.80. The molecule has 0 spiro atoms. The van der Waals surface area contributed by atoms with E-state index in [1.54, 1.807) is 0 Å². The zero-order chi connectivity index (χ0) is 15.2. The van der Waals surface area contributed by atoms with E-state index in [-0.39, 0.29) is 23.6 Å². The van der Waals surface area contributed by atoms with Gasteiger partial charge < -0.3 is 9.84 Å². The molecule has 0 atom stereocenters. The first kappa shape index (κ1) is 16.1. The second kappa shape index (κ2) is 7.00. The maximum Gasteiger partial charge on any atom is 0.318 e. The molecule has 0 fully saturated rings. The molecule has 7 nitrogen and oxygen atoms in total. The van der Waals surface area contributed by atoms with E-state index < -0.39 is 22.5 Å². The van der Waals surface area contributed by atoms with Crippen LogP contribution in [0.2, 0.25) is 0 Å². The van der Waals surface area contributed by atoms with Crippen LogP contribution in [0.4, 0.5) is 0 Å². The van der Waals surface area contributed by atoms with E-state index in [2.05, 4.69) is 0 Å². The zero-order valence-electron chi connectivity index (χ0n) is 10.8. The Morgan fingerprint density at radius 3 is 2.75 bits per heavy atom. The second-order valence-electron chi connectivity index (χ2n) is 3.86. The quantitative estimate of drug-likeness (QED) is 0.774. The molecule has 1 aromatic carbocycles. The fourth-order valence-corrected chi connectivity index (χ4v) is 2.92. The summed E-state index contributed by atoms with van der Waals surface area (Å²) in [5, 5.41) is 17.6. The molecule has 1 aromatic rings. The lowest BCUT2D eigenvalue weighted by atomic mass is 10.2. The van der Waals surface area contributed by atoms with E-state index in [0.717, 1.165) is 4.31 Å². The van der Waals surface area contributed by atoms with Crippen LogP contribution >= 0.6 is 0 Å². The van der Waals surface area contributed by atoms with Crippen molar-refractivity contribution in [3.8, 4) is 6.07 Å². The van der Waals surface area contributed by atoms with Gasteiger partial charge in [0.25, 0.3) is 0 Å². The number of carboxylic acids is 1. The third-order valence-electron chi connectivity index (χ3n) is 2.46. The van der Waals surface area contributed by atoms with Crippen LogP contribution in [-0.4, -0.2) is 50.6 Å². The molecule has 0 aliphatic carbocycles. The largest absolute Gasteiger partial charge is 0.480 e. The van der Waals surface area contributed by atoms with Gasteiger partial charge in [0.2, 0.25) is 10.0 Å². The number of carbonyl (C=O) groups is 1. The Morgan fingerprint density at radius 2 is 2.20 bits per heavy atom. The van der Waals surface area contributed by atoms with Crippen molar-refractivity contribution in [3.63, 3.8) is 0 Å². The number of carboxylic acid groups (broad SMARTS) is 1. The number of hydrogen-bond acceptors (Lipinski definition) is 5. The molecule has 0 amide bonds. The van der Waals surface area contributed by atoms with E-state index in [1.165, 1.54) is 31.4 Å². The van der Waals surface area contributed by atoms with Crippen molar-refractivity contribution in [3.05, 3.63) is 29.8 Å². The number of rotatable bonds is 7. The number of benzene rings is 1. The predicted octanol–water partition coefficient (Wildman–Crippen LogP) is 0.280. The summed E-state index contributed by atoms with van der Waals surface area (Å²) in [4.78, 5) is 10.7. The van der Waals surface area contributed by atoms with Crippen LogP contribution in [-0.2, 0) is 19.6 Å². The molecular weight excluding hydrogens is 284 g/mol. The normalized spacial score (nSPS) is 11.2. The fourth-order valence-electron chi connectivity index (χ4n) is 1.50. The van der Waals surface area contributed by atoms with Crippen LogP contribution in [0, 0.1) is 11.3 Å². The van der Waals surface area contributed by atoms with Gasteiger partial charge in [0.15, 0.2) is 0 Å². The summed E-state index contributed by atoms with van der Waals surface area (Å²) in [7, 11) is -2.59. The average molecular weight is 298 g/mol. The van der Waals surface area contributed by atoms with Gasteiger partial charge in [-0.15, -0.1) is 0 Å². The third-order valence-corrected chi connectivity index (χ3v) is 4.30. The third kappa shape index (κ3) is 4.03. The summed E-state index contributed by atoms with van der Waals surface area (Å²) in [6.45, 7) is -0.672. The van der Waals surface area contributed by atoms with Gasteiger partial charge in [-0.3, -0.25) is 4.79 Å². The Labute approximate surface area is 117 Å². The average Bonchev–Trinajstić information content (AvgIpc) is 2.43. The molecule has 108 valence electrons. The Bertz CT molecular complexity index is 621. The van der Waals surface area contributed by atoms with E-state index >= 15 is 0 Å². The molecule has 8 heteroatoms. The Balaban J connectivity index is 3.14. The Hall–Kier alpha value is -1.95. The number of methoxy groups -OCH3 is 1. The molecule has 0 unspecified atom stereocenters. The lowest BCUT2D eigenvalue weighted by molar-refractivity contribution is -0.137. The summed E-state index contributed by atoms with van der Waals surface area (Å²) in [5.41, 5.74) is 0.188. The van der Waals surface area contributed by atoms with Gasteiger partial charge in [0.05, 0.1) is 23.1 Å². The molecule has 0 saturated carbocycles. The number of ether oxygens (including phenoxy) is 1. The maximum absolute atomic E-state index is 12.3. The van der Waals surface area contributed by atoms with Crippen molar-refractivity contribution < 1.29 is 23.1 Å². The van der Waals surface area contributed by atoms with Gasteiger partial charge in [0.1, 0.15) is 6.54 Å². The number of aliphatic carboxylic acids is 1. The van der Waals surface area contributed by atoms with Crippen LogP contribution in [0.25, 0.3) is 0 Å². The highest BCUT2D eigenvalue weighted by atomic mass is 32.2. The Morgan fingerprint density at radius 1 is 1.50 bits per heavy atom. The number of nitriles is 1. The highest BCUT2D eigenvalue weighted by Gasteiger charge is 2.26. The molecule has 0 aliphatic rings. The van der Waals surface area contributed by atoms with Crippen LogP contribution in [0.5, 0.6) is 0 Å².